The lowest BCUT2D eigenvalue weighted by atomic mass is 10.3. The highest BCUT2D eigenvalue weighted by molar-refractivity contribution is 7.15. The van der Waals surface area contributed by atoms with Crippen molar-refractivity contribution >= 4 is 16.5 Å². The molecule has 4 nitrogen and oxygen atoms in total. The molecule has 1 rings (SSSR count). The summed E-state index contributed by atoms with van der Waals surface area (Å²) in [6.07, 6.45) is 1.85. The first-order valence-electron chi connectivity index (χ1n) is 5.10. The minimum atomic E-state index is 0.420. The molecule has 5 heteroatoms. The number of methoxy groups -OCH3 is 1. The van der Waals surface area contributed by atoms with Gasteiger partial charge in [0.1, 0.15) is 0 Å². The number of hydrogen-bond donors (Lipinski definition) is 1. The fourth-order valence-electron chi connectivity index (χ4n) is 1.52. The first-order valence-corrected chi connectivity index (χ1v) is 5.92. The van der Waals surface area contributed by atoms with Crippen LogP contribution in [0.15, 0.2) is 6.20 Å². The van der Waals surface area contributed by atoms with Crippen molar-refractivity contribution in [2.45, 2.75) is 26.4 Å². The Labute approximate surface area is 95.1 Å². The first-order chi connectivity index (χ1) is 7.17. The molecule has 0 bridgehead atoms. The van der Waals surface area contributed by atoms with Crippen LogP contribution in [0.25, 0.3) is 0 Å². The van der Waals surface area contributed by atoms with E-state index in [9.17, 15) is 0 Å². The lowest BCUT2D eigenvalue weighted by Gasteiger charge is -2.26. The van der Waals surface area contributed by atoms with E-state index in [0.717, 1.165) is 19.7 Å². The fourth-order valence-corrected chi connectivity index (χ4v) is 2.23. The van der Waals surface area contributed by atoms with E-state index < -0.39 is 0 Å². The van der Waals surface area contributed by atoms with E-state index in [0.29, 0.717) is 11.2 Å². The Morgan fingerprint density at radius 1 is 1.67 bits per heavy atom. The predicted octanol–water partition coefficient (Wildman–Crippen LogP) is 1.58. The first kappa shape index (κ1) is 12.4. The molecule has 0 radical (unpaired) electrons. The summed E-state index contributed by atoms with van der Waals surface area (Å²) in [5, 5.41) is 0.639. The summed E-state index contributed by atoms with van der Waals surface area (Å²) in [6.45, 7) is 6.97. The maximum Gasteiger partial charge on any atom is 0.180 e. The molecule has 0 amide bonds. The van der Waals surface area contributed by atoms with Crippen LogP contribution in [-0.4, -0.2) is 36.2 Å². The topological polar surface area (TPSA) is 51.4 Å². The quantitative estimate of drug-likeness (QED) is 0.804. The summed E-state index contributed by atoms with van der Waals surface area (Å²) in [6, 6.07) is 0.420. The molecule has 1 aromatic rings. The Balaban J connectivity index is 2.53. The molecule has 1 aromatic heterocycles. The second-order valence-electron chi connectivity index (χ2n) is 3.53. The summed E-state index contributed by atoms with van der Waals surface area (Å²) in [5.74, 6) is 0. The maximum absolute atomic E-state index is 5.59. The third kappa shape index (κ3) is 3.77. The Morgan fingerprint density at radius 2 is 2.40 bits per heavy atom. The third-order valence-corrected chi connectivity index (χ3v) is 3.18. The summed E-state index contributed by atoms with van der Waals surface area (Å²) >= 11 is 1.55. The van der Waals surface area contributed by atoms with Gasteiger partial charge >= 0.3 is 0 Å². The number of nitrogens with two attached hydrogens (primary N) is 1. The summed E-state index contributed by atoms with van der Waals surface area (Å²) in [5.41, 5.74) is 5.59. The fraction of sp³-hybridized carbons (Fsp3) is 0.700. The van der Waals surface area contributed by atoms with Crippen molar-refractivity contribution in [1.82, 2.24) is 9.88 Å². The van der Waals surface area contributed by atoms with E-state index in [1.165, 1.54) is 4.88 Å². The van der Waals surface area contributed by atoms with Crippen LogP contribution in [0.5, 0.6) is 0 Å². The number of thiazole rings is 1. The van der Waals surface area contributed by atoms with Crippen molar-refractivity contribution in [3.05, 3.63) is 11.1 Å². The molecule has 1 unspecified atom stereocenters. The number of hydrogen-bond acceptors (Lipinski definition) is 5. The highest BCUT2D eigenvalue weighted by Crippen LogP contribution is 2.17. The Morgan fingerprint density at radius 3 is 2.87 bits per heavy atom. The van der Waals surface area contributed by atoms with E-state index in [2.05, 4.69) is 23.7 Å². The van der Waals surface area contributed by atoms with Gasteiger partial charge in [-0.15, -0.1) is 11.3 Å². The largest absolute Gasteiger partial charge is 0.383 e. The zero-order chi connectivity index (χ0) is 11.3. The smallest absolute Gasteiger partial charge is 0.180 e. The van der Waals surface area contributed by atoms with Crippen LogP contribution in [-0.2, 0) is 11.3 Å². The molecular weight excluding hydrogens is 210 g/mol. The van der Waals surface area contributed by atoms with E-state index in [-0.39, 0.29) is 0 Å². The molecule has 0 saturated carbocycles. The Bertz CT molecular complexity index is 290. The van der Waals surface area contributed by atoms with Crippen molar-refractivity contribution in [3.8, 4) is 0 Å². The molecule has 0 aliphatic heterocycles. The molecule has 0 aliphatic rings. The molecule has 2 N–H and O–H groups in total. The van der Waals surface area contributed by atoms with Crippen LogP contribution in [0.3, 0.4) is 0 Å². The van der Waals surface area contributed by atoms with Crippen LogP contribution >= 0.6 is 11.3 Å². The number of rotatable bonds is 6. The van der Waals surface area contributed by atoms with Crippen molar-refractivity contribution in [2.75, 3.05) is 26.0 Å². The second kappa shape index (κ2) is 6.05. The van der Waals surface area contributed by atoms with Gasteiger partial charge in [0, 0.05) is 30.8 Å². The number of anilines is 1. The van der Waals surface area contributed by atoms with Gasteiger partial charge in [0.05, 0.1) is 6.61 Å². The number of aromatic nitrogens is 1. The molecular formula is C10H19N3OS. The standard InChI is InChI=1S/C10H19N3OS/c1-4-13(8(2)7-14-3)6-9-5-12-10(11)15-9/h5,8H,4,6-7H2,1-3H3,(H2,11,12). The van der Waals surface area contributed by atoms with Crippen LogP contribution in [0.2, 0.25) is 0 Å². The average molecular weight is 229 g/mol. The van der Waals surface area contributed by atoms with Crippen LogP contribution in [0, 0.1) is 0 Å². The number of nitrogens with zero attached hydrogens (tertiary/aromatic N) is 2. The zero-order valence-electron chi connectivity index (χ0n) is 9.56. The normalized spacial score (nSPS) is 13.3. The van der Waals surface area contributed by atoms with Gasteiger partial charge in [-0.2, -0.15) is 0 Å². The van der Waals surface area contributed by atoms with Gasteiger partial charge in [0.25, 0.3) is 0 Å². The molecule has 1 heterocycles. The van der Waals surface area contributed by atoms with E-state index in [1.54, 1.807) is 18.4 Å². The van der Waals surface area contributed by atoms with Gasteiger partial charge in [-0.3, -0.25) is 4.90 Å². The number of ether oxygens (including phenoxy) is 1. The summed E-state index contributed by atoms with van der Waals surface area (Å²) in [4.78, 5) is 7.60. The molecule has 15 heavy (non-hydrogen) atoms. The van der Waals surface area contributed by atoms with Gasteiger partial charge in [-0.1, -0.05) is 6.92 Å². The molecule has 0 fully saturated rings. The monoisotopic (exact) mass is 229 g/mol. The SMILES string of the molecule is CCN(Cc1cnc(N)s1)C(C)COC. The summed E-state index contributed by atoms with van der Waals surface area (Å²) < 4.78 is 5.15. The summed E-state index contributed by atoms with van der Waals surface area (Å²) in [7, 11) is 1.73. The van der Waals surface area contributed by atoms with Gasteiger partial charge in [-0.05, 0) is 13.5 Å². The van der Waals surface area contributed by atoms with Crippen LogP contribution in [0.1, 0.15) is 18.7 Å². The third-order valence-electron chi connectivity index (χ3n) is 2.37. The molecule has 0 spiro atoms. The van der Waals surface area contributed by atoms with Crippen molar-refractivity contribution < 1.29 is 4.74 Å². The Kier molecular flexibility index (Phi) is 5.01. The lowest BCUT2D eigenvalue weighted by molar-refractivity contribution is 0.0988. The lowest BCUT2D eigenvalue weighted by Crippen LogP contribution is -2.35. The van der Waals surface area contributed by atoms with Crippen LogP contribution < -0.4 is 5.73 Å². The number of nitrogen functional groups attached to an aromatic ring is 1. The van der Waals surface area contributed by atoms with Crippen molar-refractivity contribution in [2.24, 2.45) is 0 Å². The van der Waals surface area contributed by atoms with E-state index in [4.69, 9.17) is 10.5 Å². The van der Waals surface area contributed by atoms with Gasteiger partial charge < -0.3 is 10.5 Å². The highest BCUT2D eigenvalue weighted by Gasteiger charge is 2.13. The zero-order valence-corrected chi connectivity index (χ0v) is 10.4. The predicted molar refractivity (Wildman–Crippen MR) is 63.9 cm³/mol. The van der Waals surface area contributed by atoms with Gasteiger partial charge in [-0.25, -0.2) is 4.98 Å². The minimum Gasteiger partial charge on any atom is -0.383 e. The van der Waals surface area contributed by atoms with Gasteiger partial charge in [0.2, 0.25) is 0 Å². The molecule has 1 atom stereocenters. The van der Waals surface area contributed by atoms with E-state index in [1.807, 2.05) is 6.20 Å². The average Bonchev–Trinajstić information content (AvgIpc) is 2.61. The van der Waals surface area contributed by atoms with Crippen molar-refractivity contribution in [1.29, 1.82) is 0 Å². The van der Waals surface area contributed by atoms with Gasteiger partial charge in [0.15, 0.2) is 5.13 Å². The van der Waals surface area contributed by atoms with Crippen molar-refractivity contribution in [3.63, 3.8) is 0 Å². The minimum absolute atomic E-state index is 0.420. The molecule has 0 aromatic carbocycles. The van der Waals surface area contributed by atoms with E-state index >= 15 is 0 Å². The Hall–Kier alpha value is -0.650. The maximum atomic E-state index is 5.59. The highest BCUT2D eigenvalue weighted by atomic mass is 32.1. The number of likely N-dealkylation sites (N-methyl/N-ethyl adjacent to an activating group) is 1. The molecule has 86 valence electrons. The second-order valence-corrected chi connectivity index (χ2v) is 4.68. The molecule has 0 saturated heterocycles. The van der Waals surface area contributed by atoms with Crippen LogP contribution in [0.4, 0.5) is 5.13 Å². The molecule has 0 aliphatic carbocycles.